The van der Waals surface area contributed by atoms with E-state index in [1.807, 2.05) is 0 Å². The summed E-state index contributed by atoms with van der Waals surface area (Å²) in [5.41, 5.74) is 0. The first-order valence-corrected chi connectivity index (χ1v) is 6.82. The first-order chi connectivity index (χ1) is 7.21. The average molecular weight is 257 g/mol. The molecule has 1 aliphatic carbocycles. The number of hydrogen-bond donors (Lipinski definition) is 2. The van der Waals surface area contributed by atoms with E-state index in [-0.39, 0.29) is 6.04 Å². The van der Waals surface area contributed by atoms with Gasteiger partial charge in [-0.25, -0.2) is 8.78 Å². The molecule has 2 N–H and O–H groups in total. The molecule has 1 unspecified atom stereocenters. The fourth-order valence-corrected chi connectivity index (χ4v) is 2.86. The molecule has 0 heterocycles. The molecule has 96 valence electrons. The van der Waals surface area contributed by atoms with E-state index in [9.17, 15) is 17.2 Å². The second kappa shape index (κ2) is 4.93. The molecular weight excluding hydrogens is 240 g/mol. The van der Waals surface area contributed by atoms with Crippen molar-refractivity contribution in [2.45, 2.75) is 56.4 Å². The second-order valence-corrected chi connectivity index (χ2v) is 5.85. The van der Waals surface area contributed by atoms with Crippen LogP contribution < -0.4 is 5.32 Å². The van der Waals surface area contributed by atoms with Crippen molar-refractivity contribution in [1.29, 1.82) is 0 Å². The van der Waals surface area contributed by atoms with Crippen molar-refractivity contribution in [3.8, 4) is 0 Å². The fourth-order valence-electron chi connectivity index (χ4n) is 1.98. The third kappa shape index (κ3) is 3.95. The van der Waals surface area contributed by atoms with Crippen LogP contribution in [0.2, 0.25) is 0 Å². The van der Waals surface area contributed by atoms with E-state index in [4.69, 9.17) is 4.55 Å². The van der Waals surface area contributed by atoms with Gasteiger partial charge < -0.3 is 0 Å². The number of halogens is 2. The van der Waals surface area contributed by atoms with Gasteiger partial charge in [0.1, 0.15) is 0 Å². The zero-order valence-corrected chi connectivity index (χ0v) is 9.93. The lowest BCUT2D eigenvalue weighted by Gasteiger charge is -2.29. The molecule has 0 aromatic heterocycles. The average Bonchev–Trinajstić information content (AvgIpc) is 2.12. The van der Waals surface area contributed by atoms with Gasteiger partial charge in [0.25, 0.3) is 16.0 Å². The Hall–Kier alpha value is -0.270. The van der Waals surface area contributed by atoms with Crippen molar-refractivity contribution in [2.75, 3.05) is 0 Å². The summed E-state index contributed by atoms with van der Waals surface area (Å²) < 4.78 is 56.6. The molecule has 1 fully saturated rings. The lowest BCUT2D eigenvalue weighted by molar-refractivity contribution is 0.00116. The molecule has 0 spiro atoms. The first-order valence-electron chi connectivity index (χ1n) is 5.31. The van der Waals surface area contributed by atoms with Crippen LogP contribution in [0.4, 0.5) is 8.78 Å². The van der Waals surface area contributed by atoms with Crippen LogP contribution in [0.15, 0.2) is 0 Å². The number of nitrogens with one attached hydrogen (secondary N) is 1. The molecule has 7 heteroatoms. The Labute approximate surface area is 94.2 Å². The van der Waals surface area contributed by atoms with Gasteiger partial charge in [-0.15, -0.1) is 0 Å². The Morgan fingerprint density at radius 3 is 2.19 bits per heavy atom. The number of hydrogen-bond acceptors (Lipinski definition) is 3. The Bertz CT molecular complexity index is 320. The van der Waals surface area contributed by atoms with Crippen molar-refractivity contribution in [3.63, 3.8) is 0 Å². The summed E-state index contributed by atoms with van der Waals surface area (Å²) in [5, 5.41) is 0.142. The maximum atomic E-state index is 13.0. The summed E-state index contributed by atoms with van der Waals surface area (Å²) in [6, 6.07) is -0.258. The molecule has 0 aromatic rings. The summed E-state index contributed by atoms with van der Waals surface area (Å²) in [5.74, 6) is -3.50. The van der Waals surface area contributed by atoms with Gasteiger partial charge in [-0.3, -0.25) is 9.87 Å². The van der Waals surface area contributed by atoms with Crippen LogP contribution in [0.5, 0.6) is 0 Å². The van der Waals surface area contributed by atoms with E-state index in [1.54, 1.807) is 0 Å². The molecule has 0 amide bonds. The van der Waals surface area contributed by atoms with E-state index in [2.05, 4.69) is 5.32 Å². The molecule has 1 saturated carbocycles. The van der Waals surface area contributed by atoms with Crippen molar-refractivity contribution in [3.05, 3.63) is 0 Å². The third-order valence-electron chi connectivity index (χ3n) is 2.75. The van der Waals surface area contributed by atoms with Crippen molar-refractivity contribution in [1.82, 2.24) is 5.32 Å². The molecule has 1 rings (SSSR count). The quantitative estimate of drug-likeness (QED) is 0.753. The largest absolute Gasteiger partial charge is 0.291 e. The van der Waals surface area contributed by atoms with Crippen molar-refractivity contribution >= 4 is 10.1 Å². The van der Waals surface area contributed by atoms with Gasteiger partial charge in [-0.1, -0.05) is 19.3 Å². The zero-order valence-electron chi connectivity index (χ0n) is 9.12. The van der Waals surface area contributed by atoms with Gasteiger partial charge in [0.2, 0.25) is 0 Å². The monoisotopic (exact) mass is 257 g/mol. The molecule has 4 nitrogen and oxygen atoms in total. The van der Waals surface area contributed by atoms with E-state index >= 15 is 0 Å². The van der Waals surface area contributed by atoms with Crippen LogP contribution in [0.1, 0.15) is 39.0 Å². The molecule has 0 saturated heterocycles. The van der Waals surface area contributed by atoms with Gasteiger partial charge >= 0.3 is 0 Å². The maximum absolute atomic E-state index is 13.0. The lowest BCUT2D eigenvalue weighted by atomic mass is 9.95. The highest BCUT2D eigenvalue weighted by Crippen LogP contribution is 2.25. The van der Waals surface area contributed by atoms with Gasteiger partial charge in [0.05, 0.1) is 0 Å². The van der Waals surface area contributed by atoms with Crippen LogP contribution in [0, 0.1) is 0 Å². The van der Waals surface area contributed by atoms with Crippen LogP contribution >= 0.6 is 0 Å². The summed E-state index contributed by atoms with van der Waals surface area (Å²) >= 11 is 0. The van der Waals surface area contributed by atoms with Gasteiger partial charge in [0.15, 0.2) is 5.37 Å². The minimum atomic E-state index is -4.78. The highest BCUT2D eigenvalue weighted by molar-refractivity contribution is 7.86. The molecule has 1 aliphatic rings. The minimum Gasteiger partial charge on any atom is -0.291 e. The van der Waals surface area contributed by atoms with E-state index < -0.39 is 21.4 Å². The Balaban J connectivity index is 2.71. The number of alkyl halides is 2. The lowest BCUT2D eigenvalue weighted by Crippen LogP contribution is -2.52. The predicted octanol–water partition coefficient (Wildman–Crippen LogP) is 1.78. The SMILES string of the molecule is CC(F)(F)C(NC1CCCCC1)S(=O)(=O)O. The standard InChI is InChI=1S/C9H17F2NO3S/c1-9(10,11)8(16(13,14)15)12-7-5-3-2-4-6-7/h7-8,12H,2-6H2,1H3,(H,13,14,15). The number of rotatable bonds is 4. The van der Waals surface area contributed by atoms with Gasteiger partial charge in [0, 0.05) is 13.0 Å². The van der Waals surface area contributed by atoms with E-state index in [0.29, 0.717) is 19.8 Å². The zero-order chi connectivity index (χ0) is 12.4. The summed E-state index contributed by atoms with van der Waals surface area (Å²) in [4.78, 5) is 0. The van der Waals surface area contributed by atoms with Crippen LogP contribution in [0.3, 0.4) is 0 Å². The van der Waals surface area contributed by atoms with Crippen LogP contribution in [-0.4, -0.2) is 30.3 Å². The predicted molar refractivity (Wildman–Crippen MR) is 56.0 cm³/mol. The third-order valence-corrected chi connectivity index (χ3v) is 3.90. The molecule has 0 aliphatic heterocycles. The van der Waals surface area contributed by atoms with Gasteiger partial charge in [-0.05, 0) is 12.8 Å². The van der Waals surface area contributed by atoms with Gasteiger partial charge in [-0.2, -0.15) is 8.42 Å². The molecule has 1 atom stereocenters. The second-order valence-electron chi connectivity index (χ2n) is 4.35. The Kier molecular flexibility index (Phi) is 4.25. The highest BCUT2D eigenvalue weighted by Gasteiger charge is 2.44. The molecule has 0 aromatic carbocycles. The summed E-state index contributed by atoms with van der Waals surface area (Å²) in [6.07, 6.45) is 4.16. The molecule has 0 radical (unpaired) electrons. The summed E-state index contributed by atoms with van der Waals surface area (Å²) in [7, 11) is -4.78. The van der Waals surface area contributed by atoms with Crippen molar-refractivity contribution < 1.29 is 21.8 Å². The van der Waals surface area contributed by atoms with Crippen LogP contribution in [-0.2, 0) is 10.1 Å². The Morgan fingerprint density at radius 1 is 1.31 bits per heavy atom. The minimum absolute atomic E-state index is 0.258. The maximum Gasteiger partial charge on any atom is 0.287 e. The molecular formula is C9H17F2NO3S. The summed E-state index contributed by atoms with van der Waals surface area (Å²) in [6.45, 7) is 0.487. The van der Waals surface area contributed by atoms with E-state index in [0.717, 1.165) is 19.3 Å². The topological polar surface area (TPSA) is 66.4 Å². The van der Waals surface area contributed by atoms with E-state index in [1.165, 1.54) is 0 Å². The fraction of sp³-hybridized carbons (Fsp3) is 1.00. The smallest absolute Gasteiger partial charge is 0.287 e. The van der Waals surface area contributed by atoms with Crippen molar-refractivity contribution in [2.24, 2.45) is 0 Å². The molecule has 16 heavy (non-hydrogen) atoms. The normalized spacial score (nSPS) is 22.0. The molecule has 0 bridgehead atoms. The highest BCUT2D eigenvalue weighted by atomic mass is 32.2. The Morgan fingerprint density at radius 2 is 1.81 bits per heavy atom. The first kappa shape index (κ1) is 13.8. The van der Waals surface area contributed by atoms with Crippen LogP contribution in [0.25, 0.3) is 0 Å².